The van der Waals surface area contributed by atoms with Gasteiger partial charge in [-0.2, -0.15) is 9.29 Å². The minimum Gasteiger partial charge on any atom is -0.343 e. The molecule has 0 aliphatic carbocycles. The van der Waals surface area contributed by atoms with Gasteiger partial charge in [-0.1, -0.05) is 5.16 Å². The molecule has 30 heavy (non-hydrogen) atoms. The Morgan fingerprint density at radius 3 is 2.53 bits per heavy atom. The summed E-state index contributed by atoms with van der Waals surface area (Å²) < 4.78 is 33.4. The Kier molecular flexibility index (Phi) is 6.88. The zero-order chi connectivity index (χ0) is 21.1. The lowest BCUT2D eigenvalue weighted by molar-refractivity contribution is -0.130. The fraction of sp³-hybridized carbons (Fsp3) is 0.611. The lowest BCUT2D eigenvalue weighted by atomic mass is 10.3. The largest absolute Gasteiger partial charge is 0.343 e. The third-order valence-electron chi connectivity index (χ3n) is 5.36. The normalized spacial score (nSPS) is 18.9. The van der Waals surface area contributed by atoms with Crippen molar-refractivity contribution in [3.05, 3.63) is 27.6 Å². The number of amides is 1. The summed E-state index contributed by atoms with van der Waals surface area (Å²) in [6, 6.07) is 3.38. The van der Waals surface area contributed by atoms with E-state index in [0.29, 0.717) is 61.5 Å². The topological polar surface area (TPSA) is 99.9 Å². The van der Waals surface area contributed by atoms with Gasteiger partial charge in [0.2, 0.25) is 11.8 Å². The molecule has 0 bridgehead atoms. The van der Waals surface area contributed by atoms with Crippen LogP contribution >= 0.6 is 27.3 Å². The monoisotopic (exact) mass is 517 g/mol. The van der Waals surface area contributed by atoms with Crippen LogP contribution in [0.1, 0.15) is 31.0 Å². The molecule has 0 aromatic carbocycles. The molecule has 0 saturated carbocycles. The van der Waals surface area contributed by atoms with Crippen molar-refractivity contribution in [1.29, 1.82) is 0 Å². The maximum atomic E-state index is 12.7. The molecule has 2 fully saturated rings. The number of aromatic nitrogens is 2. The van der Waals surface area contributed by atoms with Gasteiger partial charge in [-0.3, -0.25) is 9.69 Å². The van der Waals surface area contributed by atoms with E-state index in [-0.39, 0.29) is 5.91 Å². The van der Waals surface area contributed by atoms with E-state index in [0.717, 1.165) is 29.7 Å². The first kappa shape index (κ1) is 21.9. The fourth-order valence-electron chi connectivity index (χ4n) is 3.69. The zero-order valence-corrected chi connectivity index (χ0v) is 19.7. The Balaban J connectivity index is 1.25. The van der Waals surface area contributed by atoms with Crippen LogP contribution in [0.3, 0.4) is 0 Å². The Hall–Kier alpha value is -1.34. The van der Waals surface area contributed by atoms with E-state index < -0.39 is 10.0 Å². The molecule has 0 radical (unpaired) electrons. The second-order valence-corrected chi connectivity index (χ2v) is 12.1. The first-order valence-corrected chi connectivity index (χ1v) is 13.0. The number of hydrogen-bond donors (Lipinski definition) is 0. The van der Waals surface area contributed by atoms with Crippen molar-refractivity contribution in [2.24, 2.45) is 0 Å². The lowest BCUT2D eigenvalue weighted by Crippen LogP contribution is -2.48. The number of halogens is 1. The van der Waals surface area contributed by atoms with E-state index in [1.165, 1.54) is 15.6 Å². The average molecular weight is 518 g/mol. The maximum Gasteiger partial charge on any atom is 0.252 e. The molecule has 2 aliphatic heterocycles. The highest BCUT2D eigenvalue weighted by molar-refractivity contribution is 9.11. The molecule has 12 heteroatoms. The molecule has 0 unspecified atom stereocenters. The smallest absolute Gasteiger partial charge is 0.252 e. The van der Waals surface area contributed by atoms with Crippen molar-refractivity contribution in [2.75, 3.05) is 39.3 Å². The summed E-state index contributed by atoms with van der Waals surface area (Å²) in [5.41, 5.74) is 0. The molecule has 9 nitrogen and oxygen atoms in total. The molecule has 4 rings (SSSR count). The highest BCUT2D eigenvalue weighted by Gasteiger charge is 2.30. The predicted octanol–water partition coefficient (Wildman–Crippen LogP) is 1.96. The SMILES string of the molecule is O=C(CCc1nc(CN2CCN(S(=O)(=O)c3ccc(Br)s3)CC2)no1)N1CCCC1. The van der Waals surface area contributed by atoms with Crippen LogP contribution in [0.15, 0.2) is 24.7 Å². The van der Waals surface area contributed by atoms with Crippen LogP contribution in [0, 0.1) is 0 Å². The second-order valence-electron chi connectivity index (χ2n) is 7.43. The molecule has 1 amide bonds. The van der Waals surface area contributed by atoms with E-state index >= 15 is 0 Å². The highest BCUT2D eigenvalue weighted by atomic mass is 79.9. The van der Waals surface area contributed by atoms with E-state index in [4.69, 9.17) is 4.52 Å². The molecule has 0 N–H and O–H groups in total. The van der Waals surface area contributed by atoms with Gasteiger partial charge in [-0.25, -0.2) is 8.42 Å². The molecule has 4 heterocycles. The van der Waals surface area contributed by atoms with Crippen LogP contribution in [0.5, 0.6) is 0 Å². The van der Waals surface area contributed by atoms with Crippen LogP contribution in [-0.4, -0.2) is 77.8 Å². The van der Waals surface area contributed by atoms with Crippen LogP contribution in [0.4, 0.5) is 0 Å². The first-order valence-electron chi connectivity index (χ1n) is 9.99. The van der Waals surface area contributed by atoms with E-state index in [9.17, 15) is 13.2 Å². The Bertz CT molecular complexity index is 978. The number of likely N-dealkylation sites (tertiary alicyclic amines) is 1. The average Bonchev–Trinajstić information content (AvgIpc) is 3.49. The van der Waals surface area contributed by atoms with Gasteiger partial charge in [0.15, 0.2) is 5.82 Å². The van der Waals surface area contributed by atoms with Crippen molar-refractivity contribution in [3.63, 3.8) is 0 Å². The van der Waals surface area contributed by atoms with Gasteiger partial charge in [0.05, 0.1) is 10.3 Å². The number of carbonyl (C=O) groups is 1. The number of carbonyl (C=O) groups excluding carboxylic acids is 1. The minimum absolute atomic E-state index is 0.141. The summed E-state index contributed by atoms with van der Waals surface area (Å²) in [4.78, 5) is 20.5. The predicted molar refractivity (Wildman–Crippen MR) is 114 cm³/mol. The molecule has 164 valence electrons. The van der Waals surface area contributed by atoms with Crippen LogP contribution in [0.2, 0.25) is 0 Å². The Morgan fingerprint density at radius 1 is 1.13 bits per heavy atom. The number of piperazine rings is 1. The summed E-state index contributed by atoms with van der Waals surface area (Å²) >= 11 is 4.54. The molecule has 0 atom stereocenters. The van der Waals surface area contributed by atoms with Crippen molar-refractivity contribution < 1.29 is 17.7 Å². The van der Waals surface area contributed by atoms with Crippen molar-refractivity contribution in [1.82, 2.24) is 24.2 Å². The standard InChI is InChI=1S/C18H24BrN5O4S2/c19-14-3-6-18(29-14)30(26,27)24-11-9-22(10-12-24)13-15-20-16(28-21-15)4-5-17(25)23-7-1-2-8-23/h3,6H,1-2,4-5,7-13H2. The summed E-state index contributed by atoms with van der Waals surface area (Å²) in [6.45, 7) is 4.24. The minimum atomic E-state index is -3.45. The molecule has 2 aliphatic rings. The van der Waals surface area contributed by atoms with Gasteiger partial charge in [0.1, 0.15) is 4.21 Å². The Morgan fingerprint density at radius 2 is 1.87 bits per heavy atom. The number of hydrogen-bond acceptors (Lipinski definition) is 8. The molecule has 0 spiro atoms. The summed E-state index contributed by atoms with van der Waals surface area (Å²) in [5, 5.41) is 4.02. The van der Waals surface area contributed by atoms with Crippen molar-refractivity contribution >= 4 is 43.2 Å². The third kappa shape index (κ3) is 5.10. The van der Waals surface area contributed by atoms with Gasteiger partial charge < -0.3 is 9.42 Å². The number of nitrogens with zero attached hydrogens (tertiary/aromatic N) is 5. The molecule has 2 aromatic heterocycles. The van der Waals surface area contributed by atoms with E-state index in [1.807, 2.05) is 4.90 Å². The first-order chi connectivity index (χ1) is 14.4. The van der Waals surface area contributed by atoms with Crippen molar-refractivity contribution in [3.8, 4) is 0 Å². The van der Waals surface area contributed by atoms with Gasteiger partial charge in [-0.05, 0) is 40.9 Å². The van der Waals surface area contributed by atoms with Crippen molar-refractivity contribution in [2.45, 2.75) is 36.4 Å². The van der Waals surface area contributed by atoms with Gasteiger partial charge in [0.25, 0.3) is 10.0 Å². The number of thiophene rings is 1. The second kappa shape index (κ2) is 9.43. The summed E-state index contributed by atoms with van der Waals surface area (Å²) in [6.07, 6.45) is 2.99. The molecule has 2 saturated heterocycles. The molecular formula is C18H24BrN5O4S2. The van der Waals surface area contributed by atoms with Crippen LogP contribution in [0.25, 0.3) is 0 Å². The van der Waals surface area contributed by atoms with E-state index in [1.54, 1.807) is 12.1 Å². The Labute approximate surface area is 188 Å². The van der Waals surface area contributed by atoms with Gasteiger partial charge in [0, 0.05) is 52.1 Å². The maximum absolute atomic E-state index is 12.7. The third-order valence-corrected chi connectivity index (χ3v) is 9.35. The lowest BCUT2D eigenvalue weighted by Gasteiger charge is -2.32. The fourth-order valence-corrected chi connectivity index (χ4v) is 7.27. The van der Waals surface area contributed by atoms with Crippen LogP contribution < -0.4 is 0 Å². The number of sulfonamides is 1. The molecule has 2 aromatic rings. The summed E-state index contributed by atoms with van der Waals surface area (Å²) in [7, 11) is -3.45. The highest BCUT2D eigenvalue weighted by Crippen LogP contribution is 2.29. The van der Waals surface area contributed by atoms with E-state index in [2.05, 4.69) is 31.0 Å². The quantitative estimate of drug-likeness (QED) is 0.553. The number of aryl methyl sites for hydroxylation is 1. The number of rotatable bonds is 7. The summed E-state index contributed by atoms with van der Waals surface area (Å²) in [5.74, 6) is 1.18. The molecular weight excluding hydrogens is 494 g/mol. The zero-order valence-electron chi connectivity index (χ0n) is 16.5. The van der Waals surface area contributed by atoms with Gasteiger partial charge in [-0.15, -0.1) is 11.3 Å². The van der Waals surface area contributed by atoms with Gasteiger partial charge >= 0.3 is 0 Å². The van der Waals surface area contributed by atoms with Crippen LogP contribution in [-0.2, 0) is 27.8 Å².